The van der Waals surface area contributed by atoms with Crippen LogP contribution in [0, 0.1) is 12.8 Å². The molecular weight excluding hydrogens is 565 g/mol. The van der Waals surface area contributed by atoms with Crippen LogP contribution in [0.4, 0.5) is 29.6 Å². The van der Waals surface area contributed by atoms with Crippen LogP contribution < -0.4 is 15.4 Å². The molecule has 4 N–H and O–H groups in total. The second-order valence-corrected chi connectivity index (χ2v) is 10.6. The highest BCUT2D eigenvalue weighted by Gasteiger charge is 2.38. The van der Waals surface area contributed by atoms with Gasteiger partial charge >= 0.3 is 12.3 Å². The van der Waals surface area contributed by atoms with Crippen molar-refractivity contribution in [2.24, 2.45) is 5.92 Å². The number of aromatic nitrogens is 3. The van der Waals surface area contributed by atoms with E-state index in [0.29, 0.717) is 52.5 Å². The van der Waals surface area contributed by atoms with E-state index in [4.69, 9.17) is 4.74 Å². The molecule has 1 saturated heterocycles. The molecule has 10 nitrogen and oxygen atoms in total. The Balaban J connectivity index is 1.42. The lowest BCUT2D eigenvalue weighted by molar-refractivity contribution is -0.198. The van der Waals surface area contributed by atoms with Gasteiger partial charge < -0.3 is 30.5 Å². The van der Waals surface area contributed by atoms with Gasteiger partial charge in [0, 0.05) is 54.5 Å². The molecule has 13 heteroatoms. The summed E-state index contributed by atoms with van der Waals surface area (Å²) >= 11 is 0. The number of fused-ring (bicyclic) bond motifs is 1. The number of hydrogen-bond donors (Lipinski definition) is 4. The van der Waals surface area contributed by atoms with E-state index in [9.17, 15) is 28.2 Å². The summed E-state index contributed by atoms with van der Waals surface area (Å²) in [4.78, 5) is 26.4. The van der Waals surface area contributed by atoms with Gasteiger partial charge in [-0.1, -0.05) is 31.2 Å². The fourth-order valence-electron chi connectivity index (χ4n) is 5.19. The summed E-state index contributed by atoms with van der Waals surface area (Å²) < 4.78 is 44.9. The van der Waals surface area contributed by atoms with E-state index in [1.807, 2.05) is 13.8 Å². The van der Waals surface area contributed by atoms with E-state index in [0.717, 1.165) is 12.0 Å². The number of rotatable bonds is 8. The number of amides is 1. The number of pyridine rings is 1. The number of alkyl halides is 3. The molecule has 0 spiro atoms. The molecule has 1 amide bonds. The molecule has 3 atom stereocenters. The number of ether oxygens (including phenoxy) is 1. The van der Waals surface area contributed by atoms with Gasteiger partial charge in [-0.2, -0.15) is 13.2 Å². The van der Waals surface area contributed by atoms with Crippen molar-refractivity contribution in [3.05, 3.63) is 66.5 Å². The first-order chi connectivity index (χ1) is 20.5. The second-order valence-electron chi connectivity index (χ2n) is 10.6. The van der Waals surface area contributed by atoms with Gasteiger partial charge in [-0.3, -0.25) is 0 Å². The summed E-state index contributed by atoms with van der Waals surface area (Å²) in [5, 5.41) is 26.1. The highest BCUT2D eigenvalue weighted by atomic mass is 19.4. The largest absolute Gasteiger partial charge is 0.465 e. The third-order valence-electron chi connectivity index (χ3n) is 7.24. The normalized spacial score (nSPS) is 17.9. The van der Waals surface area contributed by atoms with Crippen molar-refractivity contribution < 1.29 is 32.9 Å². The second kappa shape index (κ2) is 12.3. The molecule has 1 aliphatic rings. The molecule has 1 fully saturated rings. The number of aryl methyl sites for hydroxylation is 1. The Hall–Kier alpha value is -4.65. The number of nitrogens with zero attached hydrogens (tertiary/aromatic N) is 4. The Morgan fingerprint density at radius 2 is 1.91 bits per heavy atom. The lowest BCUT2D eigenvalue weighted by atomic mass is 9.96. The zero-order valence-corrected chi connectivity index (χ0v) is 23.5. The van der Waals surface area contributed by atoms with Gasteiger partial charge in [-0.05, 0) is 49.1 Å². The fourth-order valence-corrected chi connectivity index (χ4v) is 5.19. The Bertz CT molecular complexity index is 1620. The molecule has 0 aliphatic carbocycles. The molecule has 0 radical (unpaired) electrons. The van der Waals surface area contributed by atoms with Crippen molar-refractivity contribution in [3.8, 4) is 22.9 Å². The monoisotopic (exact) mass is 596 g/mol. The number of aliphatic hydroxyl groups excluding tert-OH is 1. The van der Waals surface area contributed by atoms with Gasteiger partial charge in [-0.25, -0.2) is 19.7 Å². The number of carboxylic acid groups (broad SMARTS) is 1. The lowest BCUT2D eigenvalue weighted by Gasteiger charge is -2.35. The minimum atomic E-state index is -4.73. The van der Waals surface area contributed by atoms with Crippen LogP contribution in [-0.2, 0) is 0 Å². The summed E-state index contributed by atoms with van der Waals surface area (Å²) in [7, 11) is 0. The maximum absolute atomic E-state index is 12.9. The number of piperidine rings is 1. The third kappa shape index (κ3) is 6.88. The molecule has 0 bridgehead atoms. The van der Waals surface area contributed by atoms with Gasteiger partial charge in [0.2, 0.25) is 11.8 Å². The molecular formula is C30H31F3N6O4. The average Bonchev–Trinajstić information content (AvgIpc) is 2.96. The number of halogens is 3. The van der Waals surface area contributed by atoms with E-state index < -0.39 is 24.9 Å². The van der Waals surface area contributed by atoms with Gasteiger partial charge in [0.05, 0.1) is 11.3 Å². The summed E-state index contributed by atoms with van der Waals surface area (Å²) in [6.45, 7) is 3.95. The van der Waals surface area contributed by atoms with Crippen molar-refractivity contribution in [1.29, 1.82) is 0 Å². The number of hydrogen-bond acceptors (Lipinski definition) is 8. The lowest BCUT2D eigenvalue weighted by Crippen LogP contribution is -2.47. The Morgan fingerprint density at radius 3 is 2.67 bits per heavy atom. The quantitative estimate of drug-likeness (QED) is 0.195. The minimum absolute atomic E-state index is 0.155. The zero-order valence-electron chi connectivity index (χ0n) is 23.5. The number of likely N-dealkylation sites (tertiary alicyclic amines) is 1. The Labute approximate surface area is 245 Å². The molecule has 43 heavy (non-hydrogen) atoms. The number of aliphatic hydroxyl groups is 1. The first-order valence-corrected chi connectivity index (χ1v) is 13.7. The van der Waals surface area contributed by atoms with Crippen LogP contribution in [0.15, 0.2) is 60.9 Å². The minimum Gasteiger partial charge on any atom is -0.465 e. The van der Waals surface area contributed by atoms with Gasteiger partial charge in [0.25, 0.3) is 0 Å². The first kappa shape index (κ1) is 29.8. The first-order valence-electron chi connectivity index (χ1n) is 13.7. The summed E-state index contributed by atoms with van der Waals surface area (Å²) in [5.41, 5.74) is 2.30. The maximum Gasteiger partial charge on any atom is 0.416 e. The zero-order chi connectivity index (χ0) is 30.7. The molecule has 2 aromatic heterocycles. The van der Waals surface area contributed by atoms with Crippen LogP contribution in [0.25, 0.3) is 22.0 Å². The van der Waals surface area contributed by atoms with Crippen LogP contribution in [0.5, 0.6) is 11.6 Å². The Morgan fingerprint density at radius 1 is 1.09 bits per heavy atom. The summed E-state index contributed by atoms with van der Waals surface area (Å²) in [6.07, 6.45) is -4.26. The van der Waals surface area contributed by atoms with Crippen LogP contribution in [0.1, 0.15) is 18.9 Å². The predicted molar refractivity (Wildman–Crippen MR) is 155 cm³/mol. The van der Waals surface area contributed by atoms with E-state index in [-0.39, 0.29) is 17.8 Å². The number of anilines is 2. The van der Waals surface area contributed by atoms with Crippen molar-refractivity contribution in [1.82, 2.24) is 19.9 Å². The van der Waals surface area contributed by atoms with E-state index in [1.54, 1.807) is 60.9 Å². The predicted octanol–water partition coefficient (Wildman–Crippen LogP) is 5.93. The van der Waals surface area contributed by atoms with Crippen molar-refractivity contribution in [2.75, 3.05) is 30.3 Å². The standard InChI is InChI=1S/C30H31F3N6O4/c1-17-13-19(16-39(15-17)29(41)42)37-28-35-12-10-24(38-28)22-6-4-11-34-27(22)43-26-18(2)8-9-20-21(26)5-3-7-23(20)36-14-25(40)30(31,32)33/h3-12,17,19,25,36,40H,13-16H2,1-2H3,(H,41,42)(H,35,37,38)/t17-,19+,25+/m1/s1. The summed E-state index contributed by atoms with van der Waals surface area (Å²) in [5.74, 6) is 1.25. The van der Waals surface area contributed by atoms with Crippen LogP contribution in [-0.4, -0.2) is 74.1 Å². The molecule has 2 aromatic carbocycles. The highest BCUT2D eigenvalue weighted by Crippen LogP contribution is 2.38. The van der Waals surface area contributed by atoms with E-state index >= 15 is 0 Å². The van der Waals surface area contributed by atoms with Gasteiger partial charge in [0.15, 0.2) is 6.10 Å². The molecule has 1 aliphatic heterocycles. The van der Waals surface area contributed by atoms with Gasteiger partial charge in [-0.15, -0.1) is 0 Å². The van der Waals surface area contributed by atoms with E-state index in [2.05, 4.69) is 25.6 Å². The van der Waals surface area contributed by atoms with Crippen LogP contribution >= 0.6 is 0 Å². The van der Waals surface area contributed by atoms with Crippen LogP contribution in [0.2, 0.25) is 0 Å². The van der Waals surface area contributed by atoms with Crippen molar-refractivity contribution in [2.45, 2.75) is 38.6 Å². The smallest absolute Gasteiger partial charge is 0.416 e. The SMILES string of the molecule is Cc1ccc2c(NC[C@H](O)C(F)(F)F)cccc2c1Oc1ncccc1-c1ccnc(N[C@H]2C[C@@H](C)CN(C(=O)O)C2)n1. The third-order valence-corrected chi connectivity index (χ3v) is 7.24. The van der Waals surface area contributed by atoms with Crippen LogP contribution in [0.3, 0.4) is 0 Å². The number of nitrogens with one attached hydrogen (secondary N) is 2. The number of carbonyl (C=O) groups is 1. The van der Waals surface area contributed by atoms with Crippen molar-refractivity contribution in [3.63, 3.8) is 0 Å². The molecule has 0 unspecified atom stereocenters. The highest BCUT2D eigenvalue weighted by molar-refractivity contribution is 5.98. The molecule has 0 saturated carbocycles. The molecule has 3 heterocycles. The maximum atomic E-state index is 12.9. The van der Waals surface area contributed by atoms with E-state index in [1.165, 1.54) is 4.90 Å². The topological polar surface area (TPSA) is 133 Å². The molecule has 226 valence electrons. The Kier molecular flexibility index (Phi) is 8.53. The van der Waals surface area contributed by atoms with Gasteiger partial charge in [0.1, 0.15) is 5.75 Å². The fraction of sp³-hybridized carbons (Fsp3) is 0.333. The average molecular weight is 597 g/mol. The molecule has 4 aromatic rings. The van der Waals surface area contributed by atoms with Crippen molar-refractivity contribution >= 4 is 28.5 Å². The molecule has 5 rings (SSSR count). The summed E-state index contributed by atoms with van der Waals surface area (Å²) in [6, 6.07) is 13.8. The number of benzene rings is 2.